The van der Waals surface area contributed by atoms with Crippen LogP contribution in [0.25, 0.3) is 0 Å². The molecule has 120 valence electrons. The van der Waals surface area contributed by atoms with E-state index in [-0.39, 0.29) is 0 Å². The van der Waals surface area contributed by atoms with Crippen LogP contribution >= 0.6 is 0 Å². The number of carbonyl (C=O) groups excluding carboxylic acids is 2. The quantitative estimate of drug-likeness (QED) is 0.711. The molecule has 1 heterocycles. The number of piperazine rings is 1. The number of nitrogens with zero attached hydrogens (tertiary/aromatic N) is 2. The maximum absolute atomic E-state index is 11.1. The maximum Gasteiger partial charge on any atom is 0.309 e. The summed E-state index contributed by atoms with van der Waals surface area (Å²) in [6, 6.07) is 7.98. The Morgan fingerprint density at radius 3 is 2.55 bits per heavy atom. The van der Waals surface area contributed by atoms with Crippen molar-refractivity contribution in [3.05, 3.63) is 24.3 Å². The number of amides is 2. The van der Waals surface area contributed by atoms with Crippen LogP contribution in [0.5, 0.6) is 5.75 Å². The minimum atomic E-state index is -0.944. The van der Waals surface area contributed by atoms with E-state index < -0.39 is 11.8 Å². The van der Waals surface area contributed by atoms with E-state index in [2.05, 4.69) is 21.2 Å². The fourth-order valence-electron chi connectivity index (χ4n) is 2.52. The van der Waals surface area contributed by atoms with Gasteiger partial charge in [0.1, 0.15) is 5.75 Å². The van der Waals surface area contributed by atoms with Gasteiger partial charge in [-0.25, -0.2) is 0 Å². The molecule has 1 fully saturated rings. The fourth-order valence-corrected chi connectivity index (χ4v) is 2.52. The predicted molar refractivity (Wildman–Crippen MR) is 83.9 cm³/mol. The van der Waals surface area contributed by atoms with Crippen LogP contribution in [-0.4, -0.2) is 63.1 Å². The van der Waals surface area contributed by atoms with Crippen molar-refractivity contribution in [1.29, 1.82) is 0 Å². The first kappa shape index (κ1) is 16.1. The van der Waals surface area contributed by atoms with Crippen LogP contribution in [0.1, 0.15) is 0 Å². The highest BCUT2D eigenvalue weighted by molar-refractivity contribution is 6.34. The highest BCUT2D eigenvalue weighted by atomic mass is 16.5. The van der Waals surface area contributed by atoms with Gasteiger partial charge in [0.2, 0.25) is 0 Å². The maximum atomic E-state index is 11.1. The van der Waals surface area contributed by atoms with Crippen molar-refractivity contribution in [2.45, 2.75) is 0 Å². The zero-order chi connectivity index (χ0) is 15.9. The van der Waals surface area contributed by atoms with E-state index in [0.717, 1.165) is 37.6 Å². The Hall–Kier alpha value is -2.28. The molecule has 0 unspecified atom stereocenters. The largest absolute Gasteiger partial charge is 0.495 e. The molecule has 0 atom stereocenters. The monoisotopic (exact) mass is 306 g/mol. The van der Waals surface area contributed by atoms with Gasteiger partial charge in [-0.3, -0.25) is 14.5 Å². The first-order valence-electron chi connectivity index (χ1n) is 7.29. The van der Waals surface area contributed by atoms with Crippen molar-refractivity contribution in [2.75, 3.05) is 51.3 Å². The average Bonchev–Trinajstić information content (AvgIpc) is 2.55. The van der Waals surface area contributed by atoms with Gasteiger partial charge >= 0.3 is 11.8 Å². The van der Waals surface area contributed by atoms with Crippen molar-refractivity contribution < 1.29 is 14.3 Å². The van der Waals surface area contributed by atoms with E-state index >= 15 is 0 Å². The lowest BCUT2D eigenvalue weighted by molar-refractivity contribution is -0.137. The number of rotatable bonds is 5. The second-order valence-corrected chi connectivity index (χ2v) is 5.12. The number of hydrogen-bond donors (Lipinski definition) is 2. The third kappa shape index (κ3) is 4.11. The number of benzene rings is 1. The third-order valence-electron chi connectivity index (χ3n) is 3.74. The highest BCUT2D eigenvalue weighted by Gasteiger charge is 2.19. The van der Waals surface area contributed by atoms with Gasteiger partial charge < -0.3 is 20.7 Å². The molecule has 1 aromatic rings. The molecule has 0 aromatic heterocycles. The minimum absolute atomic E-state index is 0.427. The van der Waals surface area contributed by atoms with Crippen LogP contribution in [0.3, 0.4) is 0 Å². The zero-order valence-corrected chi connectivity index (χ0v) is 12.7. The number of nitrogens with one attached hydrogen (secondary N) is 1. The summed E-state index contributed by atoms with van der Waals surface area (Å²) in [5.74, 6) is -0.793. The molecule has 7 heteroatoms. The van der Waals surface area contributed by atoms with Gasteiger partial charge in [-0.2, -0.15) is 0 Å². The van der Waals surface area contributed by atoms with Gasteiger partial charge in [0.05, 0.1) is 12.8 Å². The van der Waals surface area contributed by atoms with Crippen molar-refractivity contribution in [3.8, 4) is 5.75 Å². The smallest absolute Gasteiger partial charge is 0.309 e. The van der Waals surface area contributed by atoms with Crippen molar-refractivity contribution in [1.82, 2.24) is 10.2 Å². The molecule has 1 aromatic carbocycles. The number of carbonyl (C=O) groups is 2. The van der Waals surface area contributed by atoms with E-state index in [1.807, 2.05) is 18.2 Å². The summed E-state index contributed by atoms with van der Waals surface area (Å²) in [4.78, 5) is 26.2. The van der Waals surface area contributed by atoms with E-state index in [9.17, 15) is 9.59 Å². The summed E-state index contributed by atoms with van der Waals surface area (Å²) in [5.41, 5.74) is 5.99. The van der Waals surface area contributed by atoms with E-state index in [1.54, 1.807) is 7.11 Å². The lowest BCUT2D eigenvalue weighted by Gasteiger charge is -2.36. The van der Waals surface area contributed by atoms with Crippen LogP contribution in [-0.2, 0) is 9.59 Å². The summed E-state index contributed by atoms with van der Waals surface area (Å²) < 4.78 is 5.39. The Bertz CT molecular complexity index is 527. The first-order chi connectivity index (χ1) is 10.6. The van der Waals surface area contributed by atoms with Crippen molar-refractivity contribution in [2.24, 2.45) is 5.73 Å². The van der Waals surface area contributed by atoms with Crippen molar-refractivity contribution >= 4 is 17.5 Å². The van der Waals surface area contributed by atoms with Gasteiger partial charge in [0.15, 0.2) is 0 Å². The van der Waals surface area contributed by atoms with Gasteiger partial charge in [-0.05, 0) is 12.1 Å². The Morgan fingerprint density at radius 1 is 1.23 bits per heavy atom. The number of nitrogens with two attached hydrogens (primary N) is 1. The molecule has 22 heavy (non-hydrogen) atoms. The number of hydrogen-bond acceptors (Lipinski definition) is 5. The molecule has 2 amide bonds. The van der Waals surface area contributed by atoms with Crippen LogP contribution in [0, 0.1) is 0 Å². The molecule has 0 radical (unpaired) electrons. The summed E-state index contributed by atoms with van der Waals surface area (Å²) in [6.07, 6.45) is 0. The van der Waals surface area contributed by atoms with Crippen LogP contribution in [0.2, 0.25) is 0 Å². The molecular formula is C15H22N4O3. The summed E-state index contributed by atoms with van der Waals surface area (Å²) in [5, 5.41) is 2.50. The molecule has 1 saturated heterocycles. The Kier molecular flexibility index (Phi) is 5.60. The first-order valence-corrected chi connectivity index (χ1v) is 7.29. The van der Waals surface area contributed by atoms with E-state index in [4.69, 9.17) is 10.5 Å². The lowest BCUT2D eigenvalue weighted by atomic mass is 10.2. The van der Waals surface area contributed by atoms with Gasteiger partial charge in [-0.15, -0.1) is 0 Å². The SMILES string of the molecule is COc1ccccc1N1CCN(CCNC(=O)C(N)=O)CC1. The molecule has 1 aliphatic rings. The Morgan fingerprint density at radius 2 is 1.91 bits per heavy atom. The molecule has 3 N–H and O–H groups in total. The van der Waals surface area contributed by atoms with Gasteiger partial charge in [0, 0.05) is 39.3 Å². The third-order valence-corrected chi connectivity index (χ3v) is 3.74. The van der Waals surface area contributed by atoms with Crippen LogP contribution in [0.4, 0.5) is 5.69 Å². The number of anilines is 1. The van der Waals surface area contributed by atoms with Gasteiger partial charge in [-0.1, -0.05) is 12.1 Å². The molecule has 0 aliphatic carbocycles. The number of primary amides is 1. The number of para-hydroxylation sites is 2. The standard InChI is InChI=1S/C15H22N4O3/c1-22-13-5-3-2-4-12(13)19-10-8-18(9-11-19)7-6-17-15(21)14(16)20/h2-5H,6-11H2,1H3,(H2,16,20)(H,17,21). The Labute approximate surface area is 130 Å². The molecule has 0 saturated carbocycles. The van der Waals surface area contributed by atoms with Gasteiger partial charge in [0.25, 0.3) is 0 Å². The summed E-state index contributed by atoms with van der Waals surface area (Å²) in [6.45, 7) is 4.71. The molecular weight excluding hydrogens is 284 g/mol. The van der Waals surface area contributed by atoms with Crippen LogP contribution in [0.15, 0.2) is 24.3 Å². The fraction of sp³-hybridized carbons (Fsp3) is 0.467. The van der Waals surface area contributed by atoms with E-state index in [1.165, 1.54) is 0 Å². The minimum Gasteiger partial charge on any atom is -0.495 e. The van der Waals surface area contributed by atoms with E-state index in [0.29, 0.717) is 13.1 Å². The molecule has 7 nitrogen and oxygen atoms in total. The highest BCUT2D eigenvalue weighted by Crippen LogP contribution is 2.28. The molecule has 0 bridgehead atoms. The number of ether oxygens (including phenoxy) is 1. The average molecular weight is 306 g/mol. The predicted octanol–water partition coefficient (Wildman–Crippen LogP) is -0.581. The zero-order valence-electron chi connectivity index (χ0n) is 12.7. The van der Waals surface area contributed by atoms with Crippen molar-refractivity contribution in [3.63, 3.8) is 0 Å². The topological polar surface area (TPSA) is 87.9 Å². The Balaban J connectivity index is 1.78. The summed E-state index contributed by atoms with van der Waals surface area (Å²) in [7, 11) is 1.68. The molecule has 1 aliphatic heterocycles. The normalized spacial score (nSPS) is 15.4. The van der Waals surface area contributed by atoms with Crippen LogP contribution < -0.4 is 20.7 Å². The molecule has 2 rings (SSSR count). The second-order valence-electron chi connectivity index (χ2n) is 5.12. The lowest BCUT2D eigenvalue weighted by Crippen LogP contribution is -2.49. The second kappa shape index (κ2) is 7.65. The summed E-state index contributed by atoms with van der Waals surface area (Å²) >= 11 is 0. The number of methoxy groups -OCH3 is 1. The molecule has 0 spiro atoms.